The molecule has 0 aromatic carbocycles. The van der Waals surface area contributed by atoms with Crippen LogP contribution in [0, 0.1) is 0 Å². The van der Waals surface area contributed by atoms with Crippen LogP contribution < -0.4 is 4.74 Å². The minimum Gasteiger partial charge on any atom is -0.477 e. The Labute approximate surface area is 117 Å². The minimum absolute atomic E-state index is 0.0396. The minimum atomic E-state index is -1.08. The Kier molecular flexibility index (Phi) is 2.25. The molecule has 1 amide bonds. The molecule has 1 atom stereocenters. The lowest BCUT2D eigenvalue weighted by Gasteiger charge is -2.36. The fourth-order valence-corrected chi connectivity index (χ4v) is 3.55. The Balaban J connectivity index is 1.61. The normalized spacial score (nSPS) is 25.1. The highest BCUT2D eigenvalue weighted by molar-refractivity contribution is 8.03. The van der Waals surface area contributed by atoms with Crippen molar-refractivity contribution >= 4 is 29.7 Å². The molecule has 0 saturated carbocycles. The van der Waals surface area contributed by atoms with Crippen LogP contribution in [-0.4, -0.2) is 43.6 Å². The van der Waals surface area contributed by atoms with Crippen molar-refractivity contribution in [1.29, 1.82) is 0 Å². The van der Waals surface area contributed by atoms with E-state index < -0.39 is 5.97 Å². The van der Waals surface area contributed by atoms with E-state index in [-0.39, 0.29) is 17.0 Å². The topological polar surface area (TPSA) is 84.7 Å². The summed E-state index contributed by atoms with van der Waals surface area (Å²) in [5, 5.41) is 14.6. The first-order valence-electron chi connectivity index (χ1n) is 6.00. The largest absolute Gasteiger partial charge is 0.477 e. The fourth-order valence-electron chi connectivity index (χ4n) is 2.43. The van der Waals surface area contributed by atoms with E-state index in [0.717, 1.165) is 0 Å². The maximum atomic E-state index is 12.0. The van der Waals surface area contributed by atoms with E-state index in [1.165, 1.54) is 22.1 Å². The average molecular weight is 291 g/mol. The Morgan fingerprint density at radius 1 is 1.60 bits per heavy atom. The molecule has 3 aliphatic rings. The third-order valence-corrected chi connectivity index (χ3v) is 4.45. The quantitative estimate of drug-likeness (QED) is 0.631. The lowest BCUT2D eigenvalue weighted by molar-refractivity contribution is -0.141. The van der Waals surface area contributed by atoms with Crippen molar-refractivity contribution in [3.8, 4) is 5.88 Å². The van der Waals surface area contributed by atoms with Crippen LogP contribution in [-0.2, 0) is 16.1 Å². The first-order chi connectivity index (χ1) is 9.65. The van der Waals surface area contributed by atoms with Crippen molar-refractivity contribution in [3.05, 3.63) is 28.4 Å². The molecule has 1 N–H and O–H groups in total. The zero-order chi connectivity index (χ0) is 13.9. The molecule has 0 radical (unpaired) electrons. The second-order valence-corrected chi connectivity index (χ2v) is 5.50. The Hall–Kier alpha value is -2.22. The van der Waals surface area contributed by atoms with Crippen molar-refractivity contribution in [2.24, 2.45) is 0 Å². The number of hydrogen-bond donors (Lipinski definition) is 1. The van der Waals surface area contributed by atoms with Crippen molar-refractivity contribution in [2.45, 2.75) is 11.9 Å². The molecule has 1 aromatic heterocycles. The molecule has 7 nitrogen and oxygen atoms in total. The molecule has 4 heterocycles. The molecule has 0 aliphatic carbocycles. The van der Waals surface area contributed by atoms with E-state index in [2.05, 4.69) is 5.10 Å². The number of carbonyl (C=O) groups excluding carboxylic acids is 1. The number of hydrogen-bond acceptors (Lipinski definition) is 5. The van der Waals surface area contributed by atoms with E-state index >= 15 is 0 Å². The number of β-lactam (4-membered cyclic amide) rings is 1. The number of aliphatic carboxylic acids is 1. The number of rotatable bonds is 2. The van der Waals surface area contributed by atoms with Gasteiger partial charge in [-0.3, -0.25) is 9.69 Å². The summed E-state index contributed by atoms with van der Waals surface area (Å²) in [6, 6.07) is 1.78. The SMILES string of the molecule is O=C(O)C1=CS[C@@H]2C(=Cc3cc4n(n3)CCO4)C(=O)N12. The van der Waals surface area contributed by atoms with Crippen LogP contribution in [0.5, 0.6) is 5.88 Å². The van der Waals surface area contributed by atoms with Gasteiger partial charge in [0.1, 0.15) is 17.7 Å². The highest BCUT2D eigenvalue weighted by Gasteiger charge is 2.49. The van der Waals surface area contributed by atoms with Gasteiger partial charge in [-0.25, -0.2) is 9.48 Å². The maximum absolute atomic E-state index is 12.0. The summed E-state index contributed by atoms with van der Waals surface area (Å²) >= 11 is 1.32. The van der Waals surface area contributed by atoms with Gasteiger partial charge in [0.05, 0.1) is 17.8 Å². The van der Waals surface area contributed by atoms with Gasteiger partial charge >= 0.3 is 5.97 Å². The third-order valence-electron chi connectivity index (χ3n) is 3.37. The number of carboxylic acid groups (broad SMARTS) is 1. The highest BCUT2D eigenvalue weighted by atomic mass is 32.2. The van der Waals surface area contributed by atoms with Gasteiger partial charge in [-0.2, -0.15) is 5.10 Å². The van der Waals surface area contributed by atoms with Gasteiger partial charge in [-0.05, 0) is 6.08 Å². The molecule has 0 spiro atoms. The summed E-state index contributed by atoms with van der Waals surface area (Å²) in [6.07, 6.45) is 1.70. The smallest absolute Gasteiger partial charge is 0.353 e. The van der Waals surface area contributed by atoms with E-state index in [0.29, 0.717) is 30.3 Å². The van der Waals surface area contributed by atoms with Gasteiger partial charge in [-0.1, -0.05) is 0 Å². The van der Waals surface area contributed by atoms with Gasteiger partial charge in [0, 0.05) is 11.5 Å². The van der Waals surface area contributed by atoms with Crippen LogP contribution >= 0.6 is 11.8 Å². The van der Waals surface area contributed by atoms with Gasteiger partial charge in [0.25, 0.3) is 5.91 Å². The fraction of sp³-hybridized carbons (Fsp3) is 0.250. The number of ether oxygens (including phenoxy) is 1. The second kappa shape index (κ2) is 3.89. The molecular formula is C12H9N3O4S. The first kappa shape index (κ1) is 11.6. The number of aromatic nitrogens is 2. The van der Waals surface area contributed by atoms with Crippen molar-refractivity contribution in [3.63, 3.8) is 0 Å². The summed E-state index contributed by atoms with van der Waals surface area (Å²) < 4.78 is 7.10. The average Bonchev–Trinajstić information content (AvgIpc) is 3.07. The first-order valence-corrected chi connectivity index (χ1v) is 6.94. The molecule has 4 rings (SSSR count). The van der Waals surface area contributed by atoms with E-state index in [9.17, 15) is 9.59 Å². The number of nitrogens with zero attached hydrogens (tertiary/aromatic N) is 3. The van der Waals surface area contributed by atoms with Crippen LogP contribution in [0.3, 0.4) is 0 Å². The van der Waals surface area contributed by atoms with Crippen LogP contribution in [0.25, 0.3) is 6.08 Å². The number of thioether (sulfide) groups is 1. The predicted molar refractivity (Wildman–Crippen MR) is 69.6 cm³/mol. The van der Waals surface area contributed by atoms with Crippen LogP contribution in [0.2, 0.25) is 0 Å². The Morgan fingerprint density at radius 2 is 2.45 bits per heavy atom. The molecule has 0 bridgehead atoms. The molecule has 1 aromatic rings. The second-order valence-electron chi connectivity index (χ2n) is 4.55. The zero-order valence-corrected chi connectivity index (χ0v) is 11.0. The van der Waals surface area contributed by atoms with Crippen molar-refractivity contribution in [1.82, 2.24) is 14.7 Å². The van der Waals surface area contributed by atoms with Gasteiger partial charge in [-0.15, -0.1) is 11.8 Å². The number of fused-ring (bicyclic) bond motifs is 2. The Morgan fingerprint density at radius 3 is 3.20 bits per heavy atom. The standard InChI is InChI=1S/C12H9N3O4S/c16-10-7(11-15(10)8(5-20-11)12(17)18)3-6-4-9-14(13-6)1-2-19-9/h3-5,11H,1-2H2,(H,17,18)/t11-/m1/s1. The molecule has 1 saturated heterocycles. The van der Waals surface area contributed by atoms with Gasteiger partial charge in [0.15, 0.2) is 0 Å². The number of amides is 1. The van der Waals surface area contributed by atoms with E-state index in [1.54, 1.807) is 16.8 Å². The van der Waals surface area contributed by atoms with E-state index in [1.807, 2.05) is 0 Å². The van der Waals surface area contributed by atoms with Crippen LogP contribution in [0.4, 0.5) is 0 Å². The zero-order valence-electron chi connectivity index (χ0n) is 10.1. The van der Waals surface area contributed by atoms with Gasteiger partial charge < -0.3 is 9.84 Å². The predicted octanol–water partition coefficient (Wildman–Crippen LogP) is 0.500. The Bertz CT molecular complexity index is 684. The summed E-state index contributed by atoms with van der Waals surface area (Å²) in [7, 11) is 0. The molecular weight excluding hydrogens is 282 g/mol. The van der Waals surface area contributed by atoms with Gasteiger partial charge in [0.2, 0.25) is 5.88 Å². The van der Waals surface area contributed by atoms with Crippen LogP contribution in [0.1, 0.15) is 5.69 Å². The monoisotopic (exact) mass is 291 g/mol. The summed E-state index contributed by atoms with van der Waals surface area (Å²) in [5.41, 5.74) is 1.27. The number of carbonyl (C=O) groups is 2. The lowest BCUT2D eigenvalue weighted by Crippen LogP contribution is -2.51. The van der Waals surface area contributed by atoms with E-state index in [4.69, 9.17) is 9.84 Å². The highest BCUT2D eigenvalue weighted by Crippen LogP contribution is 2.45. The summed E-state index contributed by atoms with van der Waals surface area (Å²) in [6.45, 7) is 1.33. The molecule has 3 aliphatic heterocycles. The molecule has 20 heavy (non-hydrogen) atoms. The van der Waals surface area contributed by atoms with Crippen molar-refractivity contribution in [2.75, 3.05) is 6.61 Å². The molecule has 1 fully saturated rings. The van der Waals surface area contributed by atoms with Crippen LogP contribution in [0.15, 0.2) is 22.7 Å². The van der Waals surface area contributed by atoms with Crippen molar-refractivity contribution < 1.29 is 19.4 Å². The maximum Gasteiger partial charge on any atom is 0.353 e. The molecule has 0 unspecified atom stereocenters. The summed E-state index contributed by atoms with van der Waals surface area (Å²) in [4.78, 5) is 24.3. The molecule has 8 heteroatoms. The lowest BCUT2D eigenvalue weighted by atomic mass is 10.0. The number of carboxylic acids is 1. The molecule has 102 valence electrons. The third kappa shape index (κ3) is 1.45. The summed E-state index contributed by atoms with van der Waals surface area (Å²) in [5.74, 6) is -0.659.